The molecule has 0 saturated carbocycles. The van der Waals surface area contributed by atoms with Gasteiger partial charge in [0, 0.05) is 31.9 Å². The van der Waals surface area contributed by atoms with Gasteiger partial charge in [-0.05, 0) is 31.2 Å². The second-order valence-corrected chi connectivity index (χ2v) is 6.78. The van der Waals surface area contributed by atoms with E-state index >= 15 is 0 Å². The van der Waals surface area contributed by atoms with Crippen molar-refractivity contribution in [1.82, 2.24) is 14.5 Å². The molecule has 1 N–H and O–H groups in total. The van der Waals surface area contributed by atoms with Crippen molar-refractivity contribution in [2.24, 2.45) is 0 Å². The largest absolute Gasteiger partial charge is 0.450 e. The summed E-state index contributed by atoms with van der Waals surface area (Å²) in [6, 6.07) is 18.4. The number of aromatic nitrogens is 2. The molecule has 1 aromatic heterocycles. The van der Waals surface area contributed by atoms with E-state index in [-0.39, 0.29) is 0 Å². The lowest BCUT2D eigenvalue weighted by atomic mass is 10.2. The van der Waals surface area contributed by atoms with Crippen LogP contribution in [0, 0.1) is 0 Å². The number of fused-ring (bicyclic) bond motifs is 1. The molecule has 1 amide bonds. The molecular weight excluding hydrogens is 354 g/mol. The maximum atomic E-state index is 11.9. The summed E-state index contributed by atoms with van der Waals surface area (Å²) in [6.45, 7) is 6.61. The van der Waals surface area contributed by atoms with Gasteiger partial charge in [0.05, 0.1) is 24.3 Å². The number of anilines is 2. The maximum Gasteiger partial charge on any atom is 0.413 e. The predicted molar refractivity (Wildman–Crippen MR) is 111 cm³/mol. The van der Waals surface area contributed by atoms with Gasteiger partial charge in [-0.15, -0.1) is 0 Å². The third kappa shape index (κ3) is 3.94. The van der Waals surface area contributed by atoms with Crippen LogP contribution >= 0.6 is 0 Å². The predicted octanol–water partition coefficient (Wildman–Crippen LogP) is 3.38. The molecule has 2 heterocycles. The van der Waals surface area contributed by atoms with Gasteiger partial charge in [0.2, 0.25) is 5.95 Å². The van der Waals surface area contributed by atoms with Crippen LogP contribution in [0.2, 0.25) is 0 Å². The van der Waals surface area contributed by atoms with Gasteiger partial charge < -0.3 is 9.64 Å². The Hall–Kier alpha value is -3.06. The molecule has 1 fully saturated rings. The van der Waals surface area contributed by atoms with Gasteiger partial charge in [0.15, 0.2) is 0 Å². The number of hydrogen-bond acceptors (Lipinski definition) is 5. The number of benzene rings is 2. The van der Waals surface area contributed by atoms with Gasteiger partial charge in [-0.3, -0.25) is 14.8 Å². The van der Waals surface area contributed by atoms with Crippen molar-refractivity contribution in [1.29, 1.82) is 0 Å². The van der Waals surface area contributed by atoms with Gasteiger partial charge in [-0.2, -0.15) is 0 Å². The van der Waals surface area contributed by atoms with E-state index in [1.807, 2.05) is 34.9 Å². The Kier molecular flexibility index (Phi) is 5.43. The molecule has 0 radical (unpaired) electrons. The first-order valence-corrected chi connectivity index (χ1v) is 9.66. The number of carbonyl (C=O) groups excluding carboxylic acids is 1. The third-order valence-electron chi connectivity index (χ3n) is 4.98. The molecule has 0 unspecified atom stereocenters. The Labute approximate surface area is 164 Å². The summed E-state index contributed by atoms with van der Waals surface area (Å²) < 4.78 is 7.07. The van der Waals surface area contributed by atoms with Crippen molar-refractivity contribution in [3.8, 4) is 0 Å². The number of imidazole rings is 1. The molecule has 7 nitrogen and oxygen atoms in total. The zero-order chi connectivity index (χ0) is 19.3. The lowest BCUT2D eigenvalue weighted by Crippen LogP contribution is -2.46. The second kappa shape index (κ2) is 8.31. The molecule has 0 spiro atoms. The Morgan fingerprint density at radius 2 is 1.75 bits per heavy atom. The van der Waals surface area contributed by atoms with E-state index in [0.29, 0.717) is 19.2 Å². The van der Waals surface area contributed by atoms with Crippen LogP contribution in [0.4, 0.5) is 16.4 Å². The Morgan fingerprint density at radius 3 is 2.50 bits per heavy atom. The minimum atomic E-state index is -0.479. The molecule has 0 bridgehead atoms. The Morgan fingerprint density at radius 1 is 1.04 bits per heavy atom. The maximum absolute atomic E-state index is 11.9. The molecule has 2 aromatic carbocycles. The number of carbonyl (C=O) groups is 1. The summed E-state index contributed by atoms with van der Waals surface area (Å²) >= 11 is 0. The summed E-state index contributed by atoms with van der Waals surface area (Å²) in [5, 5.41) is 2.78. The molecule has 1 saturated heterocycles. The van der Waals surface area contributed by atoms with E-state index in [1.54, 1.807) is 6.92 Å². The Bertz CT molecular complexity index is 932. The van der Waals surface area contributed by atoms with Crippen molar-refractivity contribution >= 4 is 28.8 Å². The number of nitrogens with zero attached hydrogens (tertiary/aromatic N) is 4. The monoisotopic (exact) mass is 379 g/mol. The van der Waals surface area contributed by atoms with Crippen molar-refractivity contribution in [3.63, 3.8) is 0 Å². The molecule has 1 aliphatic heterocycles. The average Bonchev–Trinajstić information content (AvgIpc) is 3.06. The smallest absolute Gasteiger partial charge is 0.413 e. The molecule has 4 rings (SSSR count). The highest BCUT2D eigenvalue weighted by Gasteiger charge is 2.20. The fourth-order valence-electron chi connectivity index (χ4n) is 3.56. The van der Waals surface area contributed by atoms with Crippen LogP contribution in [0.3, 0.4) is 0 Å². The fourth-order valence-corrected chi connectivity index (χ4v) is 3.56. The lowest BCUT2D eigenvalue weighted by molar-refractivity contribution is 0.167. The van der Waals surface area contributed by atoms with Crippen LogP contribution in [-0.4, -0.2) is 53.3 Å². The van der Waals surface area contributed by atoms with Crippen molar-refractivity contribution < 1.29 is 9.53 Å². The van der Waals surface area contributed by atoms with Crippen LogP contribution in [-0.2, 0) is 11.4 Å². The number of rotatable bonds is 5. The van der Waals surface area contributed by atoms with Gasteiger partial charge in [0.1, 0.15) is 0 Å². The minimum Gasteiger partial charge on any atom is -0.450 e. The summed E-state index contributed by atoms with van der Waals surface area (Å²) in [5.74, 6) is 0.519. The zero-order valence-electron chi connectivity index (χ0n) is 16.0. The highest BCUT2D eigenvalue weighted by atomic mass is 16.5. The summed E-state index contributed by atoms with van der Waals surface area (Å²) in [5.41, 5.74) is 3.12. The van der Waals surface area contributed by atoms with Crippen molar-refractivity contribution in [2.45, 2.75) is 13.6 Å². The molecular formula is C21H25N5O2. The van der Waals surface area contributed by atoms with E-state index in [9.17, 15) is 4.79 Å². The highest BCUT2D eigenvalue weighted by Crippen LogP contribution is 2.22. The van der Waals surface area contributed by atoms with E-state index in [2.05, 4.69) is 44.4 Å². The van der Waals surface area contributed by atoms with E-state index in [1.165, 1.54) is 5.69 Å². The topological polar surface area (TPSA) is 62.6 Å². The van der Waals surface area contributed by atoms with E-state index in [4.69, 9.17) is 4.74 Å². The normalized spacial score (nSPS) is 15.0. The molecule has 0 aliphatic carbocycles. The van der Waals surface area contributed by atoms with E-state index in [0.717, 1.165) is 37.2 Å². The number of para-hydroxylation sites is 3. The number of ether oxygens (including phenoxy) is 1. The van der Waals surface area contributed by atoms with Gasteiger partial charge in [-0.25, -0.2) is 9.78 Å². The van der Waals surface area contributed by atoms with Crippen molar-refractivity contribution in [2.75, 3.05) is 43.0 Å². The first-order chi connectivity index (χ1) is 13.7. The van der Waals surface area contributed by atoms with Crippen LogP contribution in [0.5, 0.6) is 0 Å². The lowest BCUT2D eigenvalue weighted by Gasteiger charge is -2.36. The second-order valence-electron chi connectivity index (χ2n) is 6.78. The average molecular weight is 379 g/mol. The number of nitrogens with one attached hydrogen (secondary N) is 1. The zero-order valence-corrected chi connectivity index (χ0v) is 16.0. The van der Waals surface area contributed by atoms with Crippen LogP contribution in [0.1, 0.15) is 6.92 Å². The standard InChI is InChI=1S/C21H25N5O2/c1-2-28-21(27)23-20-22-18-10-6-7-11-19(18)26(20)16-24-12-14-25(15-13-24)17-8-4-3-5-9-17/h3-11H,2,12-16H2,1H3,(H,22,23,27). The van der Waals surface area contributed by atoms with Gasteiger partial charge >= 0.3 is 6.09 Å². The molecule has 3 aromatic rings. The van der Waals surface area contributed by atoms with Gasteiger partial charge in [0.25, 0.3) is 0 Å². The fraction of sp³-hybridized carbons (Fsp3) is 0.333. The molecule has 146 valence electrons. The van der Waals surface area contributed by atoms with Crippen LogP contribution in [0.15, 0.2) is 54.6 Å². The number of hydrogen-bond donors (Lipinski definition) is 1. The summed E-state index contributed by atoms with van der Waals surface area (Å²) in [7, 11) is 0. The van der Waals surface area contributed by atoms with Crippen LogP contribution in [0.25, 0.3) is 11.0 Å². The van der Waals surface area contributed by atoms with Gasteiger partial charge in [-0.1, -0.05) is 30.3 Å². The SMILES string of the molecule is CCOC(=O)Nc1nc2ccccc2n1CN1CCN(c2ccccc2)CC1. The number of piperazine rings is 1. The molecule has 7 heteroatoms. The first-order valence-electron chi connectivity index (χ1n) is 9.66. The first kappa shape index (κ1) is 18.3. The summed E-state index contributed by atoms with van der Waals surface area (Å²) in [6.07, 6.45) is -0.479. The van der Waals surface area contributed by atoms with Crippen molar-refractivity contribution in [3.05, 3.63) is 54.6 Å². The highest BCUT2D eigenvalue weighted by molar-refractivity contribution is 5.86. The molecule has 1 aliphatic rings. The Balaban J connectivity index is 1.49. The minimum absolute atomic E-state index is 0.327. The molecule has 28 heavy (non-hydrogen) atoms. The quantitative estimate of drug-likeness (QED) is 0.736. The van der Waals surface area contributed by atoms with E-state index < -0.39 is 6.09 Å². The van der Waals surface area contributed by atoms with Crippen LogP contribution < -0.4 is 10.2 Å². The summed E-state index contributed by atoms with van der Waals surface area (Å²) in [4.78, 5) is 21.3. The molecule has 0 atom stereocenters. The third-order valence-corrected chi connectivity index (χ3v) is 4.98. The number of amides is 1.